The smallest absolute Gasteiger partial charge is 0.300 e. The van der Waals surface area contributed by atoms with Crippen molar-refractivity contribution in [1.82, 2.24) is 10.3 Å². The van der Waals surface area contributed by atoms with Gasteiger partial charge in [0, 0.05) is 5.54 Å². The number of pyridine rings is 1. The molecule has 0 unspecified atom stereocenters. The highest BCUT2D eigenvalue weighted by Crippen LogP contribution is 2.35. The molecule has 0 atom stereocenters. The van der Waals surface area contributed by atoms with Crippen LogP contribution in [0.1, 0.15) is 30.1 Å². The van der Waals surface area contributed by atoms with Crippen LogP contribution in [-0.4, -0.2) is 21.4 Å². The van der Waals surface area contributed by atoms with Gasteiger partial charge in [0.1, 0.15) is 16.9 Å². The molecule has 1 saturated carbocycles. The Morgan fingerprint density at radius 2 is 2.29 bits per heavy atom. The number of carbonyl (C=O) groups excluding carboxylic acids is 1. The van der Waals surface area contributed by atoms with E-state index in [1.54, 1.807) is 0 Å². The van der Waals surface area contributed by atoms with Crippen molar-refractivity contribution in [3.63, 3.8) is 0 Å². The van der Waals surface area contributed by atoms with Crippen LogP contribution in [0.25, 0.3) is 0 Å². The number of rotatable bonds is 3. The van der Waals surface area contributed by atoms with Crippen LogP contribution in [-0.2, 0) is 0 Å². The van der Waals surface area contributed by atoms with Crippen molar-refractivity contribution < 1.29 is 9.72 Å². The van der Waals surface area contributed by atoms with Gasteiger partial charge in [0.05, 0.1) is 4.92 Å². The minimum atomic E-state index is -0.645. The molecule has 2 rings (SSSR count). The molecule has 0 aromatic carbocycles. The lowest BCUT2D eigenvalue weighted by Gasteiger charge is -2.11. The van der Waals surface area contributed by atoms with Crippen molar-refractivity contribution in [2.24, 2.45) is 0 Å². The van der Waals surface area contributed by atoms with Crippen molar-refractivity contribution in [1.29, 1.82) is 0 Å². The first-order chi connectivity index (χ1) is 7.91. The summed E-state index contributed by atoms with van der Waals surface area (Å²) in [5, 5.41) is 13.6. The number of nitro groups is 1. The summed E-state index contributed by atoms with van der Waals surface area (Å²) in [6, 6.07) is 1.21. The van der Waals surface area contributed by atoms with E-state index in [1.165, 1.54) is 6.07 Å². The van der Waals surface area contributed by atoms with Crippen molar-refractivity contribution in [3.8, 4) is 0 Å². The number of carbonyl (C=O) groups is 1. The van der Waals surface area contributed by atoms with Crippen molar-refractivity contribution in [2.75, 3.05) is 0 Å². The molecule has 0 spiro atoms. The molecule has 1 heterocycles. The van der Waals surface area contributed by atoms with Gasteiger partial charge in [-0.25, -0.2) is 4.98 Å². The van der Waals surface area contributed by atoms with Gasteiger partial charge in [0.2, 0.25) is 0 Å². The average molecular weight is 256 g/mol. The Morgan fingerprint density at radius 3 is 2.82 bits per heavy atom. The Balaban J connectivity index is 2.32. The summed E-state index contributed by atoms with van der Waals surface area (Å²) < 4.78 is 0. The predicted octanol–water partition coefficient (Wildman–Crippen LogP) is 1.93. The number of nitrogens with one attached hydrogen (secondary N) is 1. The summed E-state index contributed by atoms with van der Waals surface area (Å²) in [7, 11) is 0. The molecule has 17 heavy (non-hydrogen) atoms. The zero-order valence-electron chi connectivity index (χ0n) is 9.07. The van der Waals surface area contributed by atoms with Crippen LogP contribution in [0.15, 0.2) is 12.3 Å². The number of hydrogen-bond donors (Lipinski definition) is 1. The van der Waals surface area contributed by atoms with E-state index in [2.05, 4.69) is 10.3 Å². The largest absolute Gasteiger partial charge is 0.347 e. The van der Waals surface area contributed by atoms with Gasteiger partial charge in [0.15, 0.2) is 0 Å². The van der Waals surface area contributed by atoms with E-state index in [0.717, 1.165) is 19.0 Å². The number of aromatic nitrogens is 1. The molecule has 1 N–H and O–H groups in total. The maximum atomic E-state index is 11.9. The molecule has 6 nitrogen and oxygen atoms in total. The van der Waals surface area contributed by atoms with Gasteiger partial charge in [-0.2, -0.15) is 0 Å². The van der Waals surface area contributed by atoms with Gasteiger partial charge in [-0.3, -0.25) is 14.9 Å². The van der Waals surface area contributed by atoms with Gasteiger partial charge in [-0.15, -0.1) is 0 Å². The molecule has 1 aliphatic rings. The number of halogens is 1. The van der Waals surface area contributed by atoms with E-state index in [-0.39, 0.29) is 21.9 Å². The number of nitrogens with zero attached hydrogens (tertiary/aromatic N) is 2. The molecule has 7 heteroatoms. The average Bonchev–Trinajstić information content (AvgIpc) is 2.95. The Morgan fingerprint density at radius 1 is 1.65 bits per heavy atom. The third-order valence-electron chi connectivity index (χ3n) is 2.71. The zero-order chi connectivity index (χ0) is 12.6. The maximum absolute atomic E-state index is 11.9. The highest BCUT2D eigenvalue weighted by Gasteiger charge is 2.39. The van der Waals surface area contributed by atoms with E-state index >= 15 is 0 Å². The van der Waals surface area contributed by atoms with Crippen LogP contribution in [0, 0.1) is 10.1 Å². The summed E-state index contributed by atoms with van der Waals surface area (Å²) >= 11 is 5.64. The van der Waals surface area contributed by atoms with Gasteiger partial charge in [-0.1, -0.05) is 11.6 Å². The third-order valence-corrected chi connectivity index (χ3v) is 2.91. The molecule has 1 aromatic heterocycles. The summed E-state index contributed by atoms with van der Waals surface area (Å²) in [6.45, 7) is 1.89. The molecular formula is C10H10ClN3O3. The number of amides is 1. The molecule has 1 aliphatic carbocycles. The Kier molecular flexibility index (Phi) is 2.74. The summed E-state index contributed by atoms with van der Waals surface area (Å²) in [5.41, 5.74) is -0.625. The van der Waals surface area contributed by atoms with Crippen LogP contribution in [0.2, 0.25) is 5.15 Å². The first kappa shape index (κ1) is 11.8. The van der Waals surface area contributed by atoms with Crippen molar-refractivity contribution in [2.45, 2.75) is 25.3 Å². The maximum Gasteiger partial charge on any atom is 0.300 e. The van der Waals surface area contributed by atoms with Crippen LogP contribution >= 0.6 is 11.6 Å². The van der Waals surface area contributed by atoms with E-state index in [1.807, 2.05) is 6.92 Å². The molecule has 0 aliphatic heterocycles. The Hall–Kier alpha value is -1.69. The molecule has 1 amide bonds. The molecule has 0 bridgehead atoms. The quantitative estimate of drug-likeness (QED) is 0.508. The lowest BCUT2D eigenvalue weighted by atomic mass is 10.2. The van der Waals surface area contributed by atoms with Crippen molar-refractivity contribution >= 4 is 23.2 Å². The molecular weight excluding hydrogens is 246 g/mol. The normalized spacial score (nSPS) is 16.4. The monoisotopic (exact) mass is 255 g/mol. The fourth-order valence-electron chi connectivity index (χ4n) is 1.40. The van der Waals surface area contributed by atoms with Crippen LogP contribution in [0.5, 0.6) is 0 Å². The minimum absolute atomic E-state index is 0.0527. The van der Waals surface area contributed by atoms with Crippen LogP contribution in [0.4, 0.5) is 5.69 Å². The van der Waals surface area contributed by atoms with E-state index < -0.39 is 10.8 Å². The minimum Gasteiger partial charge on any atom is -0.347 e. The second kappa shape index (κ2) is 3.96. The van der Waals surface area contributed by atoms with E-state index in [0.29, 0.717) is 0 Å². The fraction of sp³-hybridized carbons (Fsp3) is 0.400. The van der Waals surface area contributed by atoms with Crippen LogP contribution < -0.4 is 5.32 Å². The zero-order valence-corrected chi connectivity index (χ0v) is 9.82. The molecule has 90 valence electrons. The van der Waals surface area contributed by atoms with Crippen molar-refractivity contribution in [3.05, 3.63) is 33.1 Å². The fourth-order valence-corrected chi connectivity index (χ4v) is 1.56. The van der Waals surface area contributed by atoms with Gasteiger partial charge in [0.25, 0.3) is 11.6 Å². The highest BCUT2D eigenvalue weighted by molar-refractivity contribution is 6.29. The topological polar surface area (TPSA) is 85.1 Å². The first-order valence-electron chi connectivity index (χ1n) is 5.04. The Bertz CT molecular complexity index is 500. The molecule has 0 saturated heterocycles. The lowest BCUT2D eigenvalue weighted by molar-refractivity contribution is -0.385. The second-order valence-corrected chi connectivity index (χ2v) is 4.68. The summed E-state index contributed by atoms with van der Waals surface area (Å²) in [5.74, 6) is -0.485. The lowest BCUT2D eigenvalue weighted by Crippen LogP contribution is -2.34. The predicted molar refractivity (Wildman–Crippen MR) is 61.0 cm³/mol. The van der Waals surface area contributed by atoms with Crippen LogP contribution in [0.3, 0.4) is 0 Å². The third kappa shape index (κ3) is 2.52. The highest BCUT2D eigenvalue weighted by atomic mass is 35.5. The van der Waals surface area contributed by atoms with E-state index in [4.69, 9.17) is 11.6 Å². The van der Waals surface area contributed by atoms with Gasteiger partial charge in [-0.05, 0) is 25.8 Å². The molecule has 1 aromatic rings. The second-order valence-electron chi connectivity index (χ2n) is 4.30. The molecule has 1 fully saturated rings. The van der Waals surface area contributed by atoms with Gasteiger partial charge >= 0.3 is 0 Å². The summed E-state index contributed by atoms with van der Waals surface area (Å²) in [6.07, 6.45) is 2.75. The Labute approximate surface area is 102 Å². The van der Waals surface area contributed by atoms with Gasteiger partial charge < -0.3 is 5.32 Å². The number of hydrogen-bond acceptors (Lipinski definition) is 4. The van der Waals surface area contributed by atoms with E-state index in [9.17, 15) is 14.9 Å². The molecule has 0 radical (unpaired) electrons. The summed E-state index contributed by atoms with van der Waals surface area (Å²) in [4.78, 5) is 25.6. The first-order valence-corrected chi connectivity index (χ1v) is 5.41. The SMILES string of the molecule is CC1(NC(=O)c2cc(Cl)ncc2[N+](=O)[O-])CC1. The standard InChI is InChI=1S/C10H10ClN3O3/c1-10(2-3-10)13-9(15)6-4-8(11)12-5-7(6)14(16)17/h4-5H,2-3H2,1H3,(H,13,15).